The highest BCUT2D eigenvalue weighted by Crippen LogP contribution is 2.31. The summed E-state index contributed by atoms with van der Waals surface area (Å²) in [5, 5.41) is 5.33. The third-order valence-electron chi connectivity index (χ3n) is 3.27. The zero-order chi connectivity index (χ0) is 16.7. The summed E-state index contributed by atoms with van der Waals surface area (Å²) in [6.07, 6.45) is 0.273. The normalized spacial score (nSPS) is 10.2. The van der Waals surface area contributed by atoms with E-state index < -0.39 is 0 Å². The lowest BCUT2D eigenvalue weighted by molar-refractivity contribution is -0.120. The predicted octanol–water partition coefficient (Wildman–Crippen LogP) is 3.01. The van der Waals surface area contributed by atoms with Gasteiger partial charge in [-0.3, -0.25) is 9.59 Å². The molecular formula is C18H20N2O2S. The van der Waals surface area contributed by atoms with E-state index in [1.165, 1.54) is 0 Å². The van der Waals surface area contributed by atoms with Crippen LogP contribution in [0, 0.1) is 6.92 Å². The fourth-order valence-corrected chi connectivity index (χ4v) is 3.09. The molecular weight excluding hydrogens is 308 g/mol. The van der Waals surface area contributed by atoms with Gasteiger partial charge in [-0.05, 0) is 36.8 Å². The fraction of sp³-hybridized carbons (Fsp3) is 0.222. The van der Waals surface area contributed by atoms with E-state index in [1.807, 2.05) is 55.5 Å². The first-order valence-corrected chi connectivity index (χ1v) is 8.24. The monoisotopic (exact) mass is 328 g/mol. The van der Waals surface area contributed by atoms with Crippen molar-refractivity contribution in [1.82, 2.24) is 10.6 Å². The Balaban J connectivity index is 2.11. The Hall–Kier alpha value is -2.27. The molecule has 2 aromatic rings. The topological polar surface area (TPSA) is 58.2 Å². The second-order valence-corrected chi connectivity index (χ2v) is 6.21. The lowest BCUT2D eigenvalue weighted by Crippen LogP contribution is -2.29. The predicted molar refractivity (Wildman–Crippen MR) is 92.8 cm³/mol. The fourth-order valence-electron chi connectivity index (χ4n) is 2.03. The standard InChI is InChI=1S/C18H20N2O2S/c1-13-8-9-15(18(22)20-11-10-17(21)19-2)16(12-13)23-14-6-4-3-5-7-14/h3-9,12H,10-11H2,1-2H3,(H,19,21)(H,20,22). The molecule has 5 heteroatoms. The Morgan fingerprint density at radius 3 is 2.52 bits per heavy atom. The van der Waals surface area contributed by atoms with Crippen LogP contribution in [0.15, 0.2) is 58.3 Å². The Morgan fingerprint density at radius 2 is 1.83 bits per heavy atom. The smallest absolute Gasteiger partial charge is 0.252 e. The first kappa shape index (κ1) is 17.1. The van der Waals surface area contributed by atoms with Gasteiger partial charge in [0.15, 0.2) is 0 Å². The molecule has 2 aromatic carbocycles. The van der Waals surface area contributed by atoms with Crippen LogP contribution >= 0.6 is 11.8 Å². The molecule has 0 aliphatic rings. The van der Waals surface area contributed by atoms with Crippen LogP contribution in [-0.4, -0.2) is 25.4 Å². The number of amides is 2. The maximum Gasteiger partial charge on any atom is 0.252 e. The van der Waals surface area contributed by atoms with Crippen molar-refractivity contribution in [2.45, 2.75) is 23.1 Å². The summed E-state index contributed by atoms with van der Waals surface area (Å²) >= 11 is 1.56. The summed E-state index contributed by atoms with van der Waals surface area (Å²) in [5.74, 6) is -0.250. The van der Waals surface area contributed by atoms with E-state index >= 15 is 0 Å². The van der Waals surface area contributed by atoms with E-state index in [2.05, 4.69) is 10.6 Å². The molecule has 2 amide bonds. The lowest BCUT2D eigenvalue weighted by Gasteiger charge is -2.11. The van der Waals surface area contributed by atoms with Crippen LogP contribution in [0.1, 0.15) is 22.3 Å². The number of benzene rings is 2. The molecule has 0 radical (unpaired) electrons. The number of hydrogen-bond acceptors (Lipinski definition) is 3. The molecule has 0 aliphatic carbocycles. The average Bonchev–Trinajstić information content (AvgIpc) is 2.55. The molecule has 0 bridgehead atoms. The summed E-state index contributed by atoms with van der Waals surface area (Å²) in [6, 6.07) is 15.7. The van der Waals surface area contributed by atoms with E-state index in [0.717, 1.165) is 15.4 Å². The SMILES string of the molecule is CNC(=O)CCNC(=O)c1ccc(C)cc1Sc1ccccc1. The molecule has 120 valence electrons. The van der Waals surface area contributed by atoms with E-state index in [9.17, 15) is 9.59 Å². The second-order valence-electron chi connectivity index (χ2n) is 5.09. The molecule has 0 fully saturated rings. The van der Waals surface area contributed by atoms with Gasteiger partial charge in [-0.25, -0.2) is 0 Å². The minimum atomic E-state index is -0.160. The van der Waals surface area contributed by atoms with Crippen molar-refractivity contribution in [2.75, 3.05) is 13.6 Å². The summed E-state index contributed by atoms with van der Waals surface area (Å²) in [5.41, 5.74) is 1.73. The van der Waals surface area contributed by atoms with Gasteiger partial charge in [0, 0.05) is 29.8 Å². The van der Waals surface area contributed by atoms with Crippen molar-refractivity contribution >= 4 is 23.6 Å². The number of hydrogen-bond donors (Lipinski definition) is 2. The van der Waals surface area contributed by atoms with Gasteiger partial charge >= 0.3 is 0 Å². The number of aryl methyl sites for hydroxylation is 1. The van der Waals surface area contributed by atoms with Crippen LogP contribution in [0.2, 0.25) is 0 Å². The Bertz CT molecular complexity index is 687. The van der Waals surface area contributed by atoms with Crippen molar-refractivity contribution in [3.8, 4) is 0 Å². The van der Waals surface area contributed by atoms with Gasteiger partial charge in [-0.1, -0.05) is 36.0 Å². The molecule has 0 aromatic heterocycles. The maximum absolute atomic E-state index is 12.4. The highest BCUT2D eigenvalue weighted by atomic mass is 32.2. The molecule has 0 saturated heterocycles. The molecule has 0 atom stereocenters. The Kier molecular flexibility index (Phi) is 6.23. The Morgan fingerprint density at radius 1 is 1.09 bits per heavy atom. The summed E-state index contributed by atoms with van der Waals surface area (Å²) < 4.78 is 0. The van der Waals surface area contributed by atoms with Crippen molar-refractivity contribution in [3.63, 3.8) is 0 Å². The minimum Gasteiger partial charge on any atom is -0.359 e. The van der Waals surface area contributed by atoms with Crippen LogP contribution in [0.5, 0.6) is 0 Å². The molecule has 2 N–H and O–H groups in total. The number of rotatable bonds is 6. The largest absolute Gasteiger partial charge is 0.359 e. The third-order valence-corrected chi connectivity index (χ3v) is 4.33. The Labute approximate surface area is 140 Å². The van der Waals surface area contributed by atoms with E-state index in [0.29, 0.717) is 12.1 Å². The van der Waals surface area contributed by atoms with Crippen LogP contribution < -0.4 is 10.6 Å². The van der Waals surface area contributed by atoms with Crippen molar-refractivity contribution in [1.29, 1.82) is 0 Å². The van der Waals surface area contributed by atoms with Crippen LogP contribution in [-0.2, 0) is 4.79 Å². The second kappa shape index (κ2) is 8.39. The first-order chi connectivity index (χ1) is 11.1. The average molecular weight is 328 g/mol. The zero-order valence-corrected chi connectivity index (χ0v) is 14.1. The summed E-state index contributed by atoms with van der Waals surface area (Å²) in [7, 11) is 1.58. The summed E-state index contributed by atoms with van der Waals surface area (Å²) in [6.45, 7) is 2.32. The first-order valence-electron chi connectivity index (χ1n) is 7.42. The zero-order valence-electron chi connectivity index (χ0n) is 13.3. The van der Waals surface area contributed by atoms with Gasteiger partial charge in [0.25, 0.3) is 5.91 Å². The number of carbonyl (C=O) groups is 2. The van der Waals surface area contributed by atoms with E-state index in [1.54, 1.807) is 18.8 Å². The maximum atomic E-state index is 12.4. The highest BCUT2D eigenvalue weighted by Gasteiger charge is 2.13. The lowest BCUT2D eigenvalue weighted by atomic mass is 10.1. The molecule has 23 heavy (non-hydrogen) atoms. The van der Waals surface area contributed by atoms with Crippen molar-refractivity contribution < 1.29 is 9.59 Å². The van der Waals surface area contributed by atoms with E-state index in [-0.39, 0.29) is 18.2 Å². The minimum absolute atomic E-state index is 0.0897. The highest BCUT2D eigenvalue weighted by molar-refractivity contribution is 7.99. The van der Waals surface area contributed by atoms with Crippen LogP contribution in [0.3, 0.4) is 0 Å². The molecule has 4 nitrogen and oxygen atoms in total. The van der Waals surface area contributed by atoms with Gasteiger partial charge in [-0.15, -0.1) is 0 Å². The summed E-state index contributed by atoms with van der Waals surface area (Å²) in [4.78, 5) is 25.6. The van der Waals surface area contributed by atoms with Gasteiger partial charge in [0.05, 0.1) is 5.56 Å². The van der Waals surface area contributed by atoms with E-state index in [4.69, 9.17) is 0 Å². The van der Waals surface area contributed by atoms with Crippen molar-refractivity contribution in [3.05, 3.63) is 59.7 Å². The van der Waals surface area contributed by atoms with Crippen molar-refractivity contribution in [2.24, 2.45) is 0 Å². The van der Waals surface area contributed by atoms with Gasteiger partial charge in [-0.2, -0.15) is 0 Å². The van der Waals surface area contributed by atoms with Gasteiger partial charge < -0.3 is 10.6 Å². The molecule has 0 saturated carbocycles. The number of nitrogens with one attached hydrogen (secondary N) is 2. The van der Waals surface area contributed by atoms with Gasteiger partial charge in [0.2, 0.25) is 5.91 Å². The van der Waals surface area contributed by atoms with Crippen LogP contribution in [0.25, 0.3) is 0 Å². The molecule has 0 unspecified atom stereocenters. The quantitative estimate of drug-likeness (QED) is 0.857. The molecule has 0 heterocycles. The third kappa shape index (κ3) is 5.14. The molecule has 0 spiro atoms. The molecule has 2 rings (SSSR count). The van der Waals surface area contributed by atoms with Gasteiger partial charge in [0.1, 0.15) is 0 Å². The van der Waals surface area contributed by atoms with Crippen LogP contribution in [0.4, 0.5) is 0 Å². The molecule has 0 aliphatic heterocycles. The number of carbonyl (C=O) groups excluding carboxylic acids is 2.